The second-order valence-corrected chi connectivity index (χ2v) is 5.48. The van der Waals surface area contributed by atoms with Gasteiger partial charge in [0.05, 0.1) is 0 Å². The Morgan fingerprint density at radius 1 is 1.53 bits per heavy atom. The molecule has 5 heteroatoms. The van der Waals surface area contributed by atoms with E-state index in [1.165, 1.54) is 0 Å². The van der Waals surface area contributed by atoms with Crippen molar-refractivity contribution >= 4 is 17.2 Å². The molecule has 0 aromatic heterocycles. The Hall–Kier alpha value is -1.04. The van der Waals surface area contributed by atoms with Crippen LogP contribution in [0.3, 0.4) is 0 Å². The topological polar surface area (TPSA) is 49.5 Å². The molecular weight excluding hydrogens is 263 g/mol. The van der Waals surface area contributed by atoms with Crippen molar-refractivity contribution in [3.05, 3.63) is 35.1 Å². The van der Waals surface area contributed by atoms with Gasteiger partial charge in [-0.25, -0.2) is 4.39 Å². The first kappa shape index (κ1) is 14.4. The molecule has 2 rings (SSSR count). The van der Waals surface area contributed by atoms with Crippen molar-refractivity contribution < 1.29 is 9.50 Å². The lowest BCUT2D eigenvalue weighted by molar-refractivity contribution is 0.248. The zero-order valence-corrected chi connectivity index (χ0v) is 11.6. The van der Waals surface area contributed by atoms with Gasteiger partial charge in [0.2, 0.25) is 0 Å². The number of likely N-dealkylation sites (tertiary alicyclic amines) is 1. The van der Waals surface area contributed by atoms with Crippen LogP contribution in [0.25, 0.3) is 0 Å². The monoisotopic (exact) mass is 282 g/mol. The third kappa shape index (κ3) is 3.49. The van der Waals surface area contributed by atoms with Crippen LogP contribution in [0.4, 0.5) is 4.39 Å². The second kappa shape index (κ2) is 6.41. The van der Waals surface area contributed by atoms with E-state index >= 15 is 0 Å². The summed E-state index contributed by atoms with van der Waals surface area (Å²) in [7, 11) is 0. The average molecular weight is 282 g/mol. The largest absolute Gasteiger partial charge is 0.396 e. The minimum absolute atomic E-state index is 0.0962. The summed E-state index contributed by atoms with van der Waals surface area (Å²) >= 11 is 4.84. The highest BCUT2D eigenvalue weighted by Crippen LogP contribution is 2.22. The van der Waals surface area contributed by atoms with Crippen LogP contribution in [0.5, 0.6) is 0 Å². The molecule has 0 amide bonds. The van der Waals surface area contributed by atoms with Gasteiger partial charge in [-0.15, -0.1) is 0 Å². The van der Waals surface area contributed by atoms with E-state index < -0.39 is 0 Å². The predicted molar refractivity (Wildman–Crippen MR) is 77.4 cm³/mol. The molecular formula is C14H19FN2OS. The van der Waals surface area contributed by atoms with E-state index in [2.05, 4.69) is 4.90 Å². The van der Waals surface area contributed by atoms with Crippen molar-refractivity contribution in [2.45, 2.75) is 19.4 Å². The normalized spacial score (nSPS) is 19.8. The van der Waals surface area contributed by atoms with Crippen LogP contribution in [0, 0.1) is 11.7 Å². The molecule has 0 bridgehead atoms. The number of halogens is 1. The standard InChI is InChI=1S/C14H19FN2OS/c15-13-11(2-1-3-12(13)14(16)19)9-17-6-4-10(8-17)5-7-18/h1-3,10,18H,4-9H2,(H2,16,19). The number of thiocarbonyl (C=S) groups is 1. The van der Waals surface area contributed by atoms with Crippen LogP contribution in [0.1, 0.15) is 24.0 Å². The zero-order valence-electron chi connectivity index (χ0n) is 10.8. The maximum atomic E-state index is 14.2. The van der Waals surface area contributed by atoms with Crippen molar-refractivity contribution in [3.8, 4) is 0 Å². The molecule has 104 valence electrons. The molecule has 1 saturated heterocycles. The van der Waals surface area contributed by atoms with Crippen LogP contribution >= 0.6 is 12.2 Å². The molecule has 0 saturated carbocycles. The first-order valence-electron chi connectivity index (χ1n) is 6.52. The zero-order chi connectivity index (χ0) is 13.8. The van der Waals surface area contributed by atoms with Gasteiger partial charge in [0.1, 0.15) is 10.8 Å². The molecule has 1 aliphatic rings. The van der Waals surface area contributed by atoms with Gasteiger partial charge in [0, 0.05) is 30.8 Å². The highest BCUT2D eigenvalue weighted by Gasteiger charge is 2.23. The number of rotatable bonds is 5. The Balaban J connectivity index is 2.04. The predicted octanol–water partition coefficient (Wildman–Crippen LogP) is 1.66. The van der Waals surface area contributed by atoms with Gasteiger partial charge in [0.15, 0.2) is 0 Å². The summed E-state index contributed by atoms with van der Waals surface area (Å²) in [4.78, 5) is 2.31. The van der Waals surface area contributed by atoms with Crippen LogP contribution in [0.15, 0.2) is 18.2 Å². The summed E-state index contributed by atoms with van der Waals surface area (Å²) in [6, 6.07) is 5.17. The maximum Gasteiger partial charge on any atom is 0.137 e. The molecule has 1 heterocycles. The fourth-order valence-electron chi connectivity index (χ4n) is 2.61. The number of hydrogen-bond donors (Lipinski definition) is 2. The second-order valence-electron chi connectivity index (χ2n) is 5.05. The van der Waals surface area contributed by atoms with Gasteiger partial charge in [-0.2, -0.15) is 0 Å². The minimum atomic E-state index is -0.305. The molecule has 1 fully saturated rings. The first-order chi connectivity index (χ1) is 9.11. The van der Waals surface area contributed by atoms with Gasteiger partial charge in [-0.05, 0) is 31.4 Å². The Morgan fingerprint density at radius 3 is 3.00 bits per heavy atom. The fraction of sp³-hybridized carbons (Fsp3) is 0.500. The van der Waals surface area contributed by atoms with E-state index in [0.29, 0.717) is 23.6 Å². The third-order valence-corrected chi connectivity index (χ3v) is 3.87. The van der Waals surface area contributed by atoms with Gasteiger partial charge in [-0.1, -0.05) is 24.4 Å². The molecule has 3 N–H and O–H groups in total. The lowest BCUT2D eigenvalue weighted by Crippen LogP contribution is -2.22. The number of benzene rings is 1. The van der Waals surface area contributed by atoms with Gasteiger partial charge < -0.3 is 10.8 Å². The molecule has 1 aromatic rings. The summed E-state index contributed by atoms with van der Waals surface area (Å²) in [6.07, 6.45) is 1.89. The number of nitrogens with zero attached hydrogens (tertiary/aromatic N) is 1. The Labute approximate surface area is 118 Å². The summed E-state index contributed by atoms with van der Waals surface area (Å²) in [6.45, 7) is 2.66. The van der Waals surface area contributed by atoms with E-state index in [4.69, 9.17) is 23.1 Å². The van der Waals surface area contributed by atoms with Crippen LogP contribution < -0.4 is 5.73 Å². The summed E-state index contributed by atoms with van der Waals surface area (Å²) < 4.78 is 14.2. The number of nitrogens with two attached hydrogens (primary N) is 1. The number of aliphatic hydroxyl groups excluding tert-OH is 1. The molecule has 1 atom stereocenters. The van der Waals surface area contributed by atoms with E-state index in [1.807, 2.05) is 0 Å². The van der Waals surface area contributed by atoms with Crippen molar-refractivity contribution in [1.82, 2.24) is 4.90 Å². The SMILES string of the molecule is NC(=S)c1cccc(CN2CCC(CCO)C2)c1F. The Kier molecular flexibility index (Phi) is 4.85. The summed E-state index contributed by atoms with van der Waals surface area (Å²) in [5.74, 6) is 0.215. The van der Waals surface area contributed by atoms with Crippen LogP contribution in [-0.2, 0) is 6.54 Å². The highest BCUT2D eigenvalue weighted by molar-refractivity contribution is 7.80. The summed E-state index contributed by atoms with van der Waals surface area (Å²) in [5.41, 5.74) is 6.46. The molecule has 0 radical (unpaired) electrons. The minimum Gasteiger partial charge on any atom is -0.396 e. The molecule has 1 aromatic carbocycles. The Morgan fingerprint density at radius 2 is 2.32 bits per heavy atom. The van der Waals surface area contributed by atoms with Gasteiger partial charge in [0.25, 0.3) is 0 Å². The fourth-order valence-corrected chi connectivity index (χ4v) is 2.77. The Bertz CT molecular complexity index is 467. The quantitative estimate of drug-likeness (QED) is 0.807. The number of hydrogen-bond acceptors (Lipinski definition) is 3. The van der Waals surface area contributed by atoms with Crippen molar-refractivity contribution in [2.24, 2.45) is 11.7 Å². The van der Waals surface area contributed by atoms with Crippen molar-refractivity contribution in [2.75, 3.05) is 19.7 Å². The van der Waals surface area contributed by atoms with E-state index in [9.17, 15) is 4.39 Å². The summed E-state index contributed by atoms with van der Waals surface area (Å²) in [5, 5.41) is 8.94. The van der Waals surface area contributed by atoms with Crippen LogP contribution in [-0.4, -0.2) is 34.7 Å². The lowest BCUT2D eigenvalue weighted by atomic mass is 10.1. The average Bonchev–Trinajstić information content (AvgIpc) is 2.79. The van der Waals surface area contributed by atoms with Crippen molar-refractivity contribution in [3.63, 3.8) is 0 Å². The molecule has 1 aliphatic heterocycles. The van der Waals surface area contributed by atoms with Gasteiger partial charge in [-0.3, -0.25) is 4.90 Å². The first-order valence-corrected chi connectivity index (χ1v) is 6.93. The number of aliphatic hydroxyl groups is 1. The third-order valence-electron chi connectivity index (χ3n) is 3.65. The van der Waals surface area contributed by atoms with E-state index in [1.54, 1.807) is 18.2 Å². The van der Waals surface area contributed by atoms with E-state index in [0.717, 1.165) is 25.9 Å². The van der Waals surface area contributed by atoms with Crippen molar-refractivity contribution in [1.29, 1.82) is 0 Å². The van der Waals surface area contributed by atoms with E-state index in [-0.39, 0.29) is 17.4 Å². The van der Waals surface area contributed by atoms with Crippen LogP contribution in [0.2, 0.25) is 0 Å². The highest BCUT2D eigenvalue weighted by atomic mass is 32.1. The molecule has 1 unspecified atom stereocenters. The molecule has 0 spiro atoms. The molecule has 19 heavy (non-hydrogen) atoms. The lowest BCUT2D eigenvalue weighted by Gasteiger charge is -2.17. The molecule has 0 aliphatic carbocycles. The smallest absolute Gasteiger partial charge is 0.137 e. The maximum absolute atomic E-state index is 14.2. The van der Waals surface area contributed by atoms with Gasteiger partial charge >= 0.3 is 0 Å². The molecule has 3 nitrogen and oxygen atoms in total.